The van der Waals surface area contributed by atoms with Gasteiger partial charge < -0.3 is 9.73 Å². The van der Waals surface area contributed by atoms with Gasteiger partial charge in [0.25, 0.3) is 0 Å². The zero-order valence-corrected chi connectivity index (χ0v) is 11.0. The van der Waals surface area contributed by atoms with E-state index in [9.17, 15) is 18.4 Å². The summed E-state index contributed by atoms with van der Waals surface area (Å²) in [6, 6.07) is 5.79. The summed E-state index contributed by atoms with van der Waals surface area (Å²) in [6.45, 7) is -0.432. The molecule has 0 aliphatic heterocycles. The summed E-state index contributed by atoms with van der Waals surface area (Å²) in [4.78, 5) is 27.5. The summed E-state index contributed by atoms with van der Waals surface area (Å²) < 4.78 is 32.4. The van der Waals surface area contributed by atoms with Crippen LogP contribution in [0.25, 0.3) is 11.2 Å². The highest BCUT2D eigenvalue weighted by Gasteiger charge is 2.15. The van der Waals surface area contributed by atoms with Crippen molar-refractivity contribution in [2.45, 2.75) is 6.54 Å². The summed E-state index contributed by atoms with van der Waals surface area (Å²) in [5.74, 6) is -2.94. The molecule has 1 aromatic carbocycles. The lowest BCUT2D eigenvalue weighted by atomic mass is 10.3. The number of carbonyl (C=O) groups excluding carboxylic acids is 1. The van der Waals surface area contributed by atoms with Gasteiger partial charge in [-0.2, -0.15) is 0 Å². The third-order valence-electron chi connectivity index (χ3n) is 2.93. The van der Waals surface area contributed by atoms with Crippen molar-refractivity contribution in [3.8, 4) is 0 Å². The van der Waals surface area contributed by atoms with Gasteiger partial charge >= 0.3 is 5.76 Å². The first kappa shape index (κ1) is 13.9. The molecule has 112 valence electrons. The van der Waals surface area contributed by atoms with Crippen LogP contribution in [-0.4, -0.2) is 15.5 Å². The number of oxazole rings is 1. The topological polar surface area (TPSA) is 77.1 Å². The van der Waals surface area contributed by atoms with Crippen LogP contribution < -0.4 is 11.1 Å². The Kier molecular flexibility index (Phi) is 3.42. The molecule has 3 rings (SSSR count). The Bertz CT molecular complexity index is 917. The molecule has 8 heteroatoms. The number of hydrogen-bond donors (Lipinski definition) is 1. The Labute approximate surface area is 122 Å². The normalized spacial score (nSPS) is 10.8. The van der Waals surface area contributed by atoms with Crippen molar-refractivity contribution in [3.05, 3.63) is 58.7 Å². The molecule has 2 heterocycles. The van der Waals surface area contributed by atoms with Gasteiger partial charge in [0.1, 0.15) is 18.2 Å². The van der Waals surface area contributed by atoms with Gasteiger partial charge in [-0.15, -0.1) is 0 Å². The molecule has 0 saturated carbocycles. The van der Waals surface area contributed by atoms with E-state index in [-0.39, 0.29) is 16.9 Å². The number of pyridine rings is 1. The van der Waals surface area contributed by atoms with E-state index >= 15 is 0 Å². The van der Waals surface area contributed by atoms with E-state index in [0.29, 0.717) is 0 Å². The number of aromatic nitrogens is 2. The maximum Gasteiger partial charge on any atom is 0.421 e. The van der Waals surface area contributed by atoms with Crippen molar-refractivity contribution in [1.29, 1.82) is 0 Å². The van der Waals surface area contributed by atoms with Crippen molar-refractivity contribution in [3.63, 3.8) is 0 Å². The van der Waals surface area contributed by atoms with Gasteiger partial charge in [0, 0.05) is 12.3 Å². The van der Waals surface area contributed by atoms with Crippen molar-refractivity contribution < 1.29 is 18.0 Å². The molecule has 0 spiro atoms. The fourth-order valence-corrected chi connectivity index (χ4v) is 1.97. The number of benzene rings is 1. The maximum absolute atomic E-state index is 13.5. The fourth-order valence-electron chi connectivity index (χ4n) is 1.97. The molecule has 22 heavy (non-hydrogen) atoms. The highest BCUT2D eigenvalue weighted by molar-refractivity contribution is 5.91. The first-order chi connectivity index (χ1) is 10.5. The van der Waals surface area contributed by atoms with Crippen LogP contribution in [0.1, 0.15) is 0 Å². The molecular formula is C14H9F2N3O3. The number of nitrogens with zero attached hydrogens (tertiary/aromatic N) is 2. The highest BCUT2D eigenvalue weighted by Crippen LogP contribution is 2.15. The Morgan fingerprint density at radius 3 is 2.95 bits per heavy atom. The monoisotopic (exact) mass is 305 g/mol. The van der Waals surface area contributed by atoms with Gasteiger partial charge in [-0.05, 0) is 24.3 Å². The largest absolute Gasteiger partial charge is 0.421 e. The average Bonchev–Trinajstić information content (AvgIpc) is 2.79. The van der Waals surface area contributed by atoms with E-state index < -0.39 is 29.8 Å². The van der Waals surface area contributed by atoms with Crippen molar-refractivity contribution in [2.24, 2.45) is 0 Å². The molecule has 6 nitrogen and oxygen atoms in total. The molecular weight excluding hydrogens is 296 g/mol. The Morgan fingerprint density at radius 2 is 2.14 bits per heavy atom. The lowest BCUT2D eigenvalue weighted by Crippen LogP contribution is -2.25. The molecule has 0 saturated heterocycles. The van der Waals surface area contributed by atoms with Crippen LogP contribution in [-0.2, 0) is 11.3 Å². The first-order valence-electron chi connectivity index (χ1n) is 6.24. The van der Waals surface area contributed by atoms with E-state index in [1.165, 1.54) is 12.3 Å². The Balaban J connectivity index is 1.86. The van der Waals surface area contributed by atoms with E-state index in [0.717, 1.165) is 22.8 Å². The first-order valence-corrected chi connectivity index (χ1v) is 6.24. The molecule has 0 fully saturated rings. The van der Waals surface area contributed by atoms with Gasteiger partial charge in [0.05, 0.1) is 5.69 Å². The van der Waals surface area contributed by atoms with Gasteiger partial charge in [0.15, 0.2) is 11.2 Å². The molecule has 0 unspecified atom stereocenters. The van der Waals surface area contributed by atoms with Crippen molar-refractivity contribution in [2.75, 3.05) is 5.32 Å². The second kappa shape index (κ2) is 5.40. The van der Waals surface area contributed by atoms with Gasteiger partial charge in [-0.1, -0.05) is 0 Å². The Hall–Kier alpha value is -3.03. The summed E-state index contributed by atoms with van der Waals surface area (Å²) in [7, 11) is 0. The van der Waals surface area contributed by atoms with E-state index in [1.54, 1.807) is 6.07 Å². The molecule has 0 radical (unpaired) electrons. The molecule has 0 bridgehead atoms. The molecule has 0 aliphatic carbocycles. The van der Waals surface area contributed by atoms with Crippen LogP contribution in [0.15, 0.2) is 45.7 Å². The van der Waals surface area contributed by atoms with Gasteiger partial charge in [0.2, 0.25) is 5.91 Å². The highest BCUT2D eigenvalue weighted by atomic mass is 19.1. The average molecular weight is 305 g/mol. The van der Waals surface area contributed by atoms with E-state index in [1.807, 2.05) is 0 Å². The zero-order valence-electron chi connectivity index (χ0n) is 11.0. The SMILES string of the molecule is O=C(Cn1c(=O)oc2cccnc21)Nc1cc(F)ccc1F. The zero-order chi connectivity index (χ0) is 15.7. The van der Waals surface area contributed by atoms with Crippen LogP contribution in [0.5, 0.6) is 0 Å². The molecule has 2 aromatic heterocycles. The quantitative estimate of drug-likeness (QED) is 0.802. The number of amides is 1. The number of hydrogen-bond acceptors (Lipinski definition) is 4. The third kappa shape index (κ3) is 2.58. The lowest BCUT2D eigenvalue weighted by Gasteiger charge is -2.06. The smallest absolute Gasteiger partial charge is 0.406 e. The molecule has 3 aromatic rings. The molecule has 1 amide bonds. The van der Waals surface area contributed by atoms with Crippen molar-refractivity contribution >= 4 is 22.8 Å². The van der Waals surface area contributed by atoms with Crippen LogP contribution in [0.4, 0.5) is 14.5 Å². The number of nitrogens with one attached hydrogen (secondary N) is 1. The fraction of sp³-hybridized carbons (Fsp3) is 0.0714. The number of rotatable bonds is 3. The van der Waals surface area contributed by atoms with E-state index in [4.69, 9.17) is 4.42 Å². The van der Waals surface area contributed by atoms with E-state index in [2.05, 4.69) is 10.3 Å². The summed E-state index contributed by atoms with van der Waals surface area (Å²) in [6.07, 6.45) is 1.44. The predicted octanol–water partition coefficient (Wildman–Crippen LogP) is 1.91. The van der Waals surface area contributed by atoms with Crippen LogP contribution in [0.3, 0.4) is 0 Å². The predicted molar refractivity (Wildman–Crippen MR) is 73.3 cm³/mol. The Morgan fingerprint density at radius 1 is 1.32 bits per heavy atom. The van der Waals surface area contributed by atoms with Crippen molar-refractivity contribution in [1.82, 2.24) is 9.55 Å². The van der Waals surface area contributed by atoms with Crippen LogP contribution in [0.2, 0.25) is 0 Å². The second-order valence-corrected chi connectivity index (χ2v) is 4.45. The van der Waals surface area contributed by atoms with Gasteiger partial charge in [-0.25, -0.2) is 23.1 Å². The third-order valence-corrected chi connectivity index (χ3v) is 2.93. The molecule has 0 atom stereocenters. The summed E-state index contributed by atoms with van der Waals surface area (Å²) >= 11 is 0. The minimum absolute atomic E-state index is 0.197. The maximum atomic E-state index is 13.5. The minimum atomic E-state index is -0.780. The molecule has 0 aliphatic rings. The van der Waals surface area contributed by atoms with Gasteiger partial charge in [-0.3, -0.25) is 4.79 Å². The number of fused-ring (bicyclic) bond motifs is 1. The lowest BCUT2D eigenvalue weighted by molar-refractivity contribution is -0.116. The van der Waals surface area contributed by atoms with Crippen LogP contribution >= 0.6 is 0 Å². The molecule has 1 N–H and O–H groups in total. The number of anilines is 1. The summed E-state index contributed by atoms with van der Waals surface area (Å²) in [5.41, 5.74) is 0.124. The minimum Gasteiger partial charge on any atom is -0.406 e. The van der Waals surface area contributed by atoms with Crippen LogP contribution in [0, 0.1) is 11.6 Å². The second-order valence-electron chi connectivity index (χ2n) is 4.45. The standard InChI is InChI=1S/C14H9F2N3O3/c15-8-3-4-9(16)10(6-8)18-12(20)7-19-13-11(22-14(19)21)2-1-5-17-13/h1-6H,7H2,(H,18,20). The number of halogens is 2. The summed E-state index contributed by atoms with van der Waals surface area (Å²) in [5, 5.41) is 2.20. The number of carbonyl (C=O) groups is 1.